The zero-order valence-electron chi connectivity index (χ0n) is 22.1. The second-order valence-corrected chi connectivity index (χ2v) is 9.14. The number of unbranched alkanes of at least 4 members (excludes halogenated alkanes) is 2. The number of allylic oxidation sites excluding steroid dienone is 8. The molecule has 1 aliphatic carbocycles. The number of nitrogens with zero attached hydrogens (tertiary/aromatic N) is 3. The molecular formula is C30H43N3O. The Labute approximate surface area is 207 Å². The Hall–Kier alpha value is -2.88. The minimum absolute atomic E-state index is 0.0900. The second kappa shape index (κ2) is 13.7. The van der Waals surface area contributed by atoms with Gasteiger partial charge in [0.05, 0.1) is 5.71 Å². The molecule has 1 heterocycles. The lowest BCUT2D eigenvalue weighted by molar-refractivity contribution is -0.125. The molecule has 184 valence electrons. The van der Waals surface area contributed by atoms with Gasteiger partial charge in [0, 0.05) is 44.2 Å². The molecule has 0 saturated carbocycles. The molecule has 4 nitrogen and oxygen atoms in total. The number of hydrogen-bond donors (Lipinski definition) is 0. The number of carbonyl (C=O) groups is 1. The normalized spacial score (nSPS) is 21.0. The molecule has 4 heteroatoms. The van der Waals surface area contributed by atoms with Crippen LogP contribution in [0.25, 0.3) is 0 Å². The summed E-state index contributed by atoms with van der Waals surface area (Å²) in [4.78, 5) is 21.4. The van der Waals surface area contributed by atoms with Crippen molar-refractivity contribution < 1.29 is 4.79 Å². The van der Waals surface area contributed by atoms with Gasteiger partial charge in [-0.1, -0.05) is 70.1 Å². The third-order valence-corrected chi connectivity index (χ3v) is 6.42. The molecule has 0 N–H and O–H groups in total. The van der Waals surface area contributed by atoms with Gasteiger partial charge >= 0.3 is 0 Å². The Balaban J connectivity index is 2.26. The standard InChI is InChI=1S/C30H43N3O/c1-8-11-12-19-31-29-18-17-28(21-25(29)9-2)32(7)24(6)26-14-13-20-33(10-3)30(34)22-27(16-15-26)23(4)5/h9,13-15,17-18,21-23H,6,8,10-12,16,19-20H2,1-5,7H3/b14-13?,25-9+,26-15?,27-22+,31-29?. The highest BCUT2D eigenvalue weighted by Crippen LogP contribution is 2.26. The number of amides is 1. The van der Waals surface area contributed by atoms with Crippen LogP contribution in [-0.4, -0.2) is 48.1 Å². The molecule has 1 aliphatic heterocycles. The van der Waals surface area contributed by atoms with Crippen molar-refractivity contribution in [2.75, 3.05) is 26.7 Å². The fraction of sp³-hybridized carbons (Fsp3) is 0.467. The number of aliphatic imine (C=N–C) groups is 1. The van der Waals surface area contributed by atoms with Crippen LogP contribution in [0.2, 0.25) is 0 Å². The first-order valence-corrected chi connectivity index (χ1v) is 12.7. The van der Waals surface area contributed by atoms with Crippen LogP contribution in [0.3, 0.4) is 0 Å². The van der Waals surface area contributed by atoms with Crippen molar-refractivity contribution in [2.45, 2.75) is 60.3 Å². The Morgan fingerprint density at radius 3 is 2.62 bits per heavy atom. The van der Waals surface area contributed by atoms with Gasteiger partial charge in [0.15, 0.2) is 0 Å². The van der Waals surface area contributed by atoms with E-state index in [0.717, 1.165) is 53.2 Å². The van der Waals surface area contributed by atoms with Crippen LogP contribution in [0.15, 0.2) is 88.3 Å². The molecule has 2 rings (SSSR count). The van der Waals surface area contributed by atoms with Crippen molar-refractivity contribution in [3.8, 4) is 0 Å². The van der Waals surface area contributed by atoms with E-state index in [1.807, 2.05) is 17.9 Å². The molecule has 0 spiro atoms. The monoisotopic (exact) mass is 461 g/mol. The summed E-state index contributed by atoms with van der Waals surface area (Å²) in [5.41, 5.74) is 6.44. The first-order chi connectivity index (χ1) is 16.3. The second-order valence-electron chi connectivity index (χ2n) is 9.14. The highest BCUT2D eigenvalue weighted by molar-refractivity contribution is 6.11. The summed E-state index contributed by atoms with van der Waals surface area (Å²) in [7, 11) is 2.06. The first kappa shape index (κ1) is 27.4. The van der Waals surface area contributed by atoms with Gasteiger partial charge < -0.3 is 9.80 Å². The van der Waals surface area contributed by atoms with Crippen LogP contribution in [0.4, 0.5) is 0 Å². The van der Waals surface area contributed by atoms with E-state index in [2.05, 4.69) is 88.8 Å². The molecule has 0 radical (unpaired) electrons. The van der Waals surface area contributed by atoms with E-state index in [4.69, 9.17) is 4.99 Å². The van der Waals surface area contributed by atoms with Crippen LogP contribution in [0.5, 0.6) is 0 Å². The van der Waals surface area contributed by atoms with E-state index in [0.29, 0.717) is 19.0 Å². The quantitative estimate of drug-likeness (QED) is 0.355. The van der Waals surface area contributed by atoms with Crippen LogP contribution in [0.1, 0.15) is 60.3 Å². The summed E-state index contributed by atoms with van der Waals surface area (Å²) in [5.74, 6) is 0.401. The number of rotatable bonds is 9. The first-order valence-electron chi connectivity index (χ1n) is 12.7. The minimum Gasteiger partial charge on any atom is -0.345 e. The van der Waals surface area contributed by atoms with E-state index in [9.17, 15) is 4.79 Å². The zero-order chi connectivity index (χ0) is 25.1. The average molecular weight is 462 g/mol. The van der Waals surface area contributed by atoms with E-state index in [1.54, 1.807) is 0 Å². The van der Waals surface area contributed by atoms with Crippen LogP contribution < -0.4 is 0 Å². The topological polar surface area (TPSA) is 35.9 Å². The number of carbonyl (C=O) groups excluding carboxylic acids is 1. The molecular weight excluding hydrogens is 418 g/mol. The smallest absolute Gasteiger partial charge is 0.246 e. The molecule has 0 unspecified atom stereocenters. The van der Waals surface area contributed by atoms with Gasteiger partial charge in [0.25, 0.3) is 0 Å². The summed E-state index contributed by atoms with van der Waals surface area (Å²) in [6, 6.07) is 0. The van der Waals surface area contributed by atoms with Gasteiger partial charge in [-0.25, -0.2) is 0 Å². The molecule has 0 atom stereocenters. The van der Waals surface area contributed by atoms with E-state index in [1.165, 1.54) is 12.8 Å². The summed E-state index contributed by atoms with van der Waals surface area (Å²) in [5, 5.41) is 0. The van der Waals surface area contributed by atoms with Crippen LogP contribution in [-0.2, 0) is 4.79 Å². The molecule has 0 aromatic carbocycles. The summed E-state index contributed by atoms with van der Waals surface area (Å²) >= 11 is 0. The van der Waals surface area contributed by atoms with Crippen molar-refractivity contribution in [3.05, 3.63) is 83.3 Å². The lowest BCUT2D eigenvalue weighted by atomic mass is 9.96. The predicted molar refractivity (Wildman–Crippen MR) is 147 cm³/mol. The predicted octanol–water partition coefficient (Wildman–Crippen LogP) is 6.78. The van der Waals surface area contributed by atoms with Gasteiger partial charge in [0.1, 0.15) is 0 Å². The maximum atomic E-state index is 12.6. The van der Waals surface area contributed by atoms with Crippen molar-refractivity contribution in [2.24, 2.45) is 10.9 Å². The molecule has 0 saturated heterocycles. The Bertz CT molecular complexity index is 954. The van der Waals surface area contributed by atoms with Crippen molar-refractivity contribution in [1.82, 2.24) is 9.80 Å². The molecule has 0 bridgehead atoms. The molecule has 1 amide bonds. The number of hydrogen-bond acceptors (Lipinski definition) is 3. The van der Waals surface area contributed by atoms with E-state index < -0.39 is 0 Å². The van der Waals surface area contributed by atoms with Gasteiger partial charge in [0.2, 0.25) is 5.91 Å². The van der Waals surface area contributed by atoms with Gasteiger partial charge in [-0.15, -0.1) is 0 Å². The van der Waals surface area contributed by atoms with E-state index in [-0.39, 0.29) is 5.91 Å². The summed E-state index contributed by atoms with van der Waals surface area (Å²) in [6.45, 7) is 17.2. The SMILES string of the molecule is C=C(C1=CC/C(C(C)C)=C\C(=O)N(CC)CC=C1)N(C)C1=C/C(=C\C)C(=NCCCCC)C=C1. The Morgan fingerprint density at radius 2 is 1.97 bits per heavy atom. The Kier molecular flexibility index (Phi) is 11.1. The highest BCUT2D eigenvalue weighted by Gasteiger charge is 2.16. The van der Waals surface area contributed by atoms with Gasteiger partial charge in [-0.2, -0.15) is 0 Å². The molecule has 34 heavy (non-hydrogen) atoms. The van der Waals surface area contributed by atoms with Crippen molar-refractivity contribution in [3.63, 3.8) is 0 Å². The van der Waals surface area contributed by atoms with Gasteiger partial charge in [-0.3, -0.25) is 9.79 Å². The largest absolute Gasteiger partial charge is 0.345 e. The summed E-state index contributed by atoms with van der Waals surface area (Å²) in [6.07, 6.45) is 21.0. The van der Waals surface area contributed by atoms with Gasteiger partial charge in [-0.05, 0) is 62.0 Å². The van der Waals surface area contributed by atoms with E-state index >= 15 is 0 Å². The number of likely N-dealkylation sites (N-methyl/N-ethyl adjacent to an activating group) is 2. The van der Waals surface area contributed by atoms with Crippen LogP contribution in [0, 0.1) is 5.92 Å². The Morgan fingerprint density at radius 1 is 1.21 bits per heavy atom. The van der Waals surface area contributed by atoms with Crippen molar-refractivity contribution in [1.29, 1.82) is 0 Å². The molecule has 0 aromatic rings. The fourth-order valence-electron chi connectivity index (χ4n) is 3.94. The average Bonchev–Trinajstić information content (AvgIpc) is 2.84. The minimum atomic E-state index is 0.0900. The zero-order valence-corrected chi connectivity index (χ0v) is 22.1. The maximum absolute atomic E-state index is 12.6. The third-order valence-electron chi connectivity index (χ3n) is 6.42. The summed E-state index contributed by atoms with van der Waals surface area (Å²) < 4.78 is 0. The molecule has 2 aliphatic rings. The lowest BCUT2D eigenvalue weighted by Crippen LogP contribution is -2.30. The van der Waals surface area contributed by atoms with Crippen molar-refractivity contribution >= 4 is 11.6 Å². The van der Waals surface area contributed by atoms with Crippen LogP contribution >= 0.6 is 0 Å². The molecule has 0 aromatic heterocycles. The molecule has 0 fully saturated rings. The fourth-order valence-corrected chi connectivity index (χ4v) is 3.94. The maximum Gasteiger partial charge on any atom is 0.246 e. The third kappa shape index (κ3) is 7.58. The lowest BCUT2D eigenvalue weighted by Gasteiger charge is -2.27. The highest BCUT2D eigenvalue weighted by atomic mass is 16.2.